The van der Waals surface area contributed by atoms with E-state index in [1.54, 1.807) is 17.5 Å². The molecule has 15 nitrogen and oxygen atoms in total. The first-order valence-corrected chi connectivity index (χ1v) is 11.2. The lowest BCUT2D eigenvalue weighted by molar-refractivity contribution is -0.393. The Labute approximate surface area is 206 Å². The molecular weight excluding hydrogens is 516 g/mol. The third-order valence-corrected chi connectivity index (χ3v) is 6.18. The van der Waals surface area contributed by atoms with Gasteiger partial charge in [0.1, 0.15) is 0 Å². The Morgan fingerprint density at radius 3 is 2.28 bits per heavy atom. The van der Waals surface area contributed by atoms with Crippen molar-refractivity contribution in [3.05, 3.63) is 94.7 Å². The standard InChI is InChI=1S/C19H10N8O7S2/c28-18(10-3-5-11(6-4-10)25(29)30)23-21-17(14-2-1-7-35-14)22-24-19-20-16-13(27(33)34)8-12(26(31)32)9-15(16)36-19/h1-9H,(H,23,28)/b21-17-,24-22?. The number of nitrogens with zero attached hydrogens (tertiary/aromatic N) is 7. The lowest BCUT2D eigenvalue weighted by Gasteiger charge is -2.01. The Balaban J connectivity index is 1.63. The van der Waals surface area contributed by atoms with Crippen LogP contribution < -0.4 is 5.43 Å². The van der Waals surface area contributed by atoms with Gasteiger partial charge in [-0.05, 0) is 23.6 Å². The monoisotopic (exact) mass is 526 g/mol. The van der Waals surface area contributed by atoms with Gasteiger partial charge in [0, 0.05) is 23.8 Å². The molecule has 0 unspecified atom stereocenters. The number of non-ortho nitro benzene ring substituents is 3. The van der Waals surface area contributed by atoms with Gasteiger partial charge < -0.3 is 0 Å². The van der Waals surface area contributed by atoms with Gasteiger partial charge in [0.15, 0.2) is 5.52 Å². The number of aromatic nitrogens is 1. The number of amides is 1. The fourth-order valence-electron chi connectivity index (χ4n) is 2.80. The maximum atomic E-state index is 12.4. The van der Waals surface area contributed by atoms with Crippen LogP contribution in [-0.2, 0) is 0 Å². The topological polar surface area (TPSA) is 208 Å². The van der Waals surface area contributed by atoms with E-state index in [-0.39, 0.29) is 32.4 Å². The first kappa shape index (κ1) is 24.1. The minimum Gasteiger partial charge on any atom is -0.267 e. The third-order valence-electron chi connectivity index (χ3n) is 4.43. The Bertz CT molecular complexity index is 1560. The molecule has 1 N–H and O–H groups in total. The van der Waals surface area contributed by atoms with Crippen LogP contribution in [0.15, 0.2) is 69.2 Å². The molecule has 0 aliphatic carbocycles. The summed E-state index contributed by atoms with van der Waals surface area (Å²) in [5.41, 5.74) is 1.15. The van der Waals surface area contributed by atoms with E-state index >= 15 is 0 Å². The number of thiazole rings is 1. The Morgan fingerprint density at radius 1 is 0.944 bits per heavy atom. The number of carbonyl (C=O) groups is 1. The Kier molecular flexibility index (Phi) is 6.75. The largest absolute Gasteiger partial charge is 0.303 e. The fraction of sp³-hybridized carbons (Fsp3) is 0. The van der Waals surface area contributed by atoms with Gasteiger partial charge in [0.2, 0.25) is 11.0 Å². The predicted molar refractivity (Wildman–Crippen MR) is 129 cm³/mol. The summed E-state index contributed by atoms with van der Waals surface area (Å²) in [5.74, 6) is -0.669. The summed E-state index contributed by atoms with van der Waals surface area (Å²) in [4.78, 5) is 48.1. The number of nitro groups is 3. The molecule has 0 aliphatic rings. The summed E-state index contributed by atoms with van der Waals surface area (Å²) in [6.45, 7) is 0. The number of nitrogens with one attached hydrogen (secondary N) is 1. The summed E-state index contributed by atoms with van der Waals surface area (Å²) in [5, 5.41) is 46.8. The average molecular weight is 526 g/mol. The van der Waals surface area contributed by atoms with Crippen molar-refractivity contribution < 1.29 is 19.6 Å². The zero-order chi connectivity index (χ0) is 25.8. The molecule has 36 heavy (non-hydrogen) atoms. The number of azo groups is 1. The van der Waals surface area contributed by atoms with E-state index in [1.165, 1.54) is 35.6 Å². The van der Waals surface area contributed by atoms with Crippen LogP contribution in [0.4, 0.5) is 22.2 Å². The van der Waals surface area contributed by atoms with Crippen molar-refractivity contribution in [3.8, 4) is 0 Å². The zero-order valence-electron chi connectivity index (χ0n) is 17.5. The number of carbonyl (C=O) groups excluding carboxylic acids is 1. The lowest BCUT2D eigenvalue weighted by Crippen LogP contribution is -2.19. The second-order valence-corrected chi connectivity index (χ2v) is 8.64. The van der Waals surface area contributed by atoms with Crippen LogP contribution in [0.25, 0.3) is 10.2 Å². The molecule has 4 aromatic rings. The number of nitro benzene ring substituents is 3. The SMILES string of the molecule is O=C(N/N=C(\N=Nc1nc2c([N+](=O)[O-])cc([N+](=O)[O-])cc2s1)c1cccs1)c1ccc([N+](=O)[O-])cc1. The van der Waals surface area contributed by atoms with Gasteiger partial charge in [0.25, 0.3) is 17.3 Å². The van der Waals surface area contributed by atoms with Gasteiger partial charge >= 0.3 is 5.69 Å². The summed E-state index contributed by atoms with van der Waals surface area (Å²) in [6, 6.07) is 10.2. The molecule has 0 spiro atoms. The highest BCUT2D eigenvalue weighted by Gasteiger charge is 2.23. The van der Waals surface area contributed by atoms with Crippen molar-refractivity contribution in [2.24, 2.45) is 15.3 Å². The molecule has 0 aliphatic heterocycles. The van der Waals surface area contributed by atoms with Crippen molar-refractivity contribution in [3.63, 3.8) is 0 Å². The molecule has 2 aromatic heterocycles. The van der Waals surface area contributed by atoms with Crippen LogP contribution in [0, 0.1) is 30.3 Å². The number of fused-ring (bicyclic) bond motifs is 1. The number of hydrazone groups is 1. The normalized spacial score (nSPS) is 11.6. The summed E-state index contributed by atoms with van der Waals surface area (Å²) < 4.78 is 0.172. The van der Waals surface area contributed by atoms with Crippen molar-refractivity contribution in [2.75, 3.05) is 0 Å². The van der Waals surface area contributed by atoms with E-state index in [0.29, 0.717) is 4.88 Å². The molecule has 0 fully saturated rings. The first-order valence-electron chi connectivity index (χ1n) is 9.54. The molecule has 0 saturated carbocycles. The van der Waals surface area contributed by atoms with Crippen LogP contribution in [0.1, 0.15) is 15.2 Å². The van der Waals surface area contributed by atoms with Gasteiger partial charge in [-0.3, -0.25) is 35.1 Å². The minimum atomic E-state index is -0.776. The van der Waals surface area contributed by atoms with Crippen molar-refractivity contribution >= 4 is 66.8 Å². The van der Waals surface area contributed by atoms with Gasteiger partial charge in [0.05, 0.1) is 30.4 Å². The number of hydrogen-bond donors (Lipinski definition) is 1. The smallest absolute Gasteiger partial charge is 0.267 e. The summed E-state index contributed by atoms with van der Waals surface area (Å²) >= 11 is 2.09. The maximum absolute atomic E-state index is 12.4. The molecule has 4 rings (SSSR count). The van der Waals surface area contributed by atoms with Gasteiger partial charge in [-0.1, -0.05) is 17.4 Å². The number of benzene rings is 2. The van der Waals surface area contributed by atoms with Crippen molar-refractivity contribution in [1.82, 2.24) is 10.4 Å². The molecule has 0 saturated heterocycles. The molecule has 0 radical (unpaired) electrons. The van der Waals surface area contributed by atoms with E-state index in [2.05, 4.69) is 25.7 Å². The molecule has 2 heterocycles. The zero-order valence-corrected chi connectivity index (χ0v) is 19.1. The summed E-state index contributed by atoms with van der Waals surface area (Å²) in [6.07, 6.45) is 0. The van der Waals surface area contributed by atoms with Gasteiger partial charge in [-0.25, -0.2) is 10.4 Å². The summed E-state index contributed by atoms with van der Waals surface area (Å²) in [7, 11) is 0. The minimum absolute atomic E-state index is 0.0139. The quantitative estimate of drug-likeness (QED) is 0.114. The molecule has 0 bridgehead atoms. The maximum Gasteiger partial charge on any atom is 0.303 e. The molecule has 2 aromatic carbocycles. The Morgan fingerprint density at radius 2 is 1.67 bits per heavy atom. The van der Waals surface area contributed by atoms with Gasteiger partial charge in [-0.2, -0.15) is 0 Å². The van der Waals surface area contributed by atoms with Crippen molar-refractivity contribution in [1.29, 1.82) is 0 Å². The third kappa shape index (κ3) is 5.21. The van der Waals surface area contributed by atoms with E-state index in [4.69, 9.17) is 0 Å². The van der Waals surface area contributed by atoms with Gasteiger partial charge in [-0.15, -0.1) is 26.7 Å². The molecular formula is C19H10N8O7S2. The van der Waals surface area contributed by atoms with Crippen molar-refractivity contribution in [2.45, 2.75) is 0 Å². The van der Waals surface area contributed by atoms with E-state index in [1.807, 2.05) is 0 Å². The fourth-order valence-corrected chi connectivity index (χ4v) is 4.29. The predicted octanol–water partition coefficient (Wildman–Crippen LogP) is 4.96. The van der Waals surface area contributed by atoms with Crippen LogP contribution in [-0.4, -0.2) is 31.5 Å². The molecule has 17 heteroatoms. The number of rotatable bonds is 7. The van der Waals surface area contributed by atoms with E-state index < -0.39 is 32.1 Å². The molecule has 1 amide bonds. The van der Waals surface area contributed by atoms with Crippen LogP contribution >= 0.6 is 22.7 Å². The van der Waals surface area contributed by atoms with E-state index in [0.717, 1.165) is 23.5 Å². The number of amidine groups is 1. The number of thiophene rings is 1. The average Bonchev–Trinajstić information content (AvgIpc) is 3.53. The first-order chi connectivity index (χ1) is 17.2. The van der Waals surface area contributed by atoms with Crippen LogP contribution in [0.3, 0.4) is 0 Å². The van der Waals surface area contributed by atoms with Crippen LogP contribution in [0.5, 0.6) is 0 Å². The second kappa shape index (κ2) is 10.1. The highest BCUT2D eigenvalue weighted by Crippen LogP contribution is 2.37. The van der Waals surface area contributed by atoms with Crippen LogP contribution in [0.2, 0.25) is 0 Å². The van der Waals surface area contributed by atoms with E-state index in [9.17, 15) is 35.1 Å². The lowest BCUT2D eigenvalue weighted by atomic mass is 10.2. The molecule has 0 atom stereocenters. The Hall–Kier alpha value is -5.03. The number of hydrogen-bond acceptors (Lipinski definition) is 12. The molecule has 180 valence electrons. The second-order valence-electron chi connectivity index (χ2n) is 6.68. The highest BCUT2D eigenvalue weighted by molar-refractivity contribution is 7.22. The highest BCUT2D eigenvalue weighted by atomic mass is 32.1.